The molecule has 120 valence electrons. The van der Waals surface area contributed by atoms with Gasteiger partial charge in [0.15, 0.2) is 4.65 Å². The molecule has 1 saturated carbocycles. The van der Waals surface area contributed by atoms with Crippen LogP contribution >= 0.6 is 7.60 Å². The molecule has 0 bridgehead atoms. The van der Waals surface area contributed by atoms with E-state index in [2.05, 4.69) is 5.73 Å². The molecule has 6 heteroatoms. The zero-order valence-corrected chi connectivity index (χ0v) is 14.6. The summed E-state index contributed by atoms with van der Waals surface area (Å²) in [7, 11) is -2.60. The normalized spacial score (nSPS) is 16.9. The summed E-state index contributed by atoms with van der Waals surface area (Å²) < 4.78 is 35.9. The zero-order chi connectivity index (χ0) is 16.0. The van der Waals surface area contributed by atoms with E-state index in [4.69, 9.17) is 9.05 Å². The fourth-order valence-corrected chi connectivity index (χ4v) is 5.58. The summed E-state index contributed by atoms with van der Waals surface area (Å²) in [6.07, 6.45) is 5.13. The lowest BCUT2D eigenvalue weighted by atomic mass is 9.96. The minimum atomic E-state index is -3.59. The molecule has 0 spiro atoms. The Labute approximate surface area is 134 Å². The first-order valence-electron chi connectivity index (χ1n) is 7.28. The van der Waals surface area contributed by atoms with E-state index in [1.54, 1.807) is 24.3 Å². The third-order valence-electron chi connectivity index (χ3n) is 3.60. The summed E-state index contributed by atoms with van der Waals surface area (Å²) >= 11 is 0. The van der Waals surface area contributed by atoms with Gasteiger partial charge in [-0.1, -0.05) is 30.4 Å². The highest BCUT2D eigenvalue weighted by atomic mass is 32.2. The Hall–Kier alpha value is -0.960. The third kappa shape index (κ3) is 4.07. The van der Waals surface area contributed by atoms with Crippen molar-refractivity contribution >= 4 is 18.4 Å². The van der Waals surface area contributed by atoms with E-state index in [-0.39, 0.29) is 4.65 Å². The maximum Gasteiger partial charge on any atom is 0.377 e. The molecule has 0 aliphatic heterocycles. The second-order valence-electron chi connectivity index (χ2n) is 5.04. The van der Waals surface area contributed by atoms with Gasteiger partial charge in [0.25, 0.3) is 0 Å². The minimum Gasteiger partial charge on any atom is -0.308 e. The number of allylic oxidation sites excluding steroid dienone is 1. The van der Waals surface area contributed by atoms with Gasteiger partial charge in [-0.05, 0) is 43.4 Å². The molecule has 0 N–H and O–H groups in total. The standard InChI is InChI=1S/C16H21O4PS/c1-19-21(17,20-2)16(13-14-9-5-3-6-10-14)22(18)15-11-7-4-8-12-15/h4,7-8,11-12H,3,5-6,9-10H2,1-2H3. The van der Waals surface area contributed by atoms with Crippen LogP contribution in [0.15, 0.2) is 51.2 Å². The molecule has 0 saturated heterocycles. The fraction of sp³-hybridized carbons (Fsp3) is 0.438. The Morgan fingerprint density at radius 3 is 2.23 bits per heavy atom. The number of hydrogen-bond acceptors (Lipinski definition) is 4. The van der Waals surface area contributed by atoms with Gasteiger partial charge in [-0.15, -0.1) is 0 Å². The topological polar surface area (TPSA) is 52.6 Å². The van der Waals surface area contributed by atoms with E-state index in [0.717, 1.165) is 31.3 Å². The summed E-state index contributed by atoms with van der Waals surface area (Å²) in [5.74, 6) is 0. The summed E-state index contributed by atoms with van der Waals surface area (Å²) in [5.41, 5.74) is 4.16. The largest absolute Gasteiger partial charge is 0.377 e. The SMILES string of the molecule is COP(=O)(OC)C(=C=C1CCCCC1)S(=O)c1ccccc1. The molecule has 0 amide bonds. The lowest BCUT2D eigenvalue weighted by Gasteiger charge is -2.17. The van der Waals surface area contributed by atoms with Crippen molar-refractivity contribution in [1.82, 2.24) is 0 Å². The van der Waals surface area contributed by atoms with Crippen LogP contribution in [-0.4, -0.2) is 18.4 Å². The second-order valence-corrected chi connectivity index (χ2v) is 8.93. The van der Waals surface area contributed by atoms with Crippen molar-refractivity contribution in [2.45, 2.75) is 37.0 Å². The van der Waals surface area contributed by atoms with E-state index in [1.165, 1.54) is 20.6 Å². The van der Waals surface area contributed by atoms with E-state index < -0.39 is 18.4 Å². The molecule has 22 heavy (non-hydrogen) atoms. The molecular formula is C16H21O4PS. The molecule has 1 aromatic carbocycles. The van der Waals surface area contributed by atoms with Crippen molar-refractivity contribution in [3.8, 4) is 0 Å². The lowest BCUT2D eigenvalue weighted by molar-refractivity contribution is 0.285. The van der Waals surface area contributed by atoms with E-state index in [1.807, 2.05) is 6.07 Å². The summed E-state index contributed by atoms with van der Waals surface area (Å²) in [5, 5.41) is 0. The van der Waals surface area contributed by atoms with Gasteiger partial charge >= 0.3 is 7.60 Å². The average molecular weight is 340 g/mol. The van der Waals surface area contributed by atoms with Crippen LogP contribution in [0.1, 0.15) is 32.1 Å². The summed E-state index contributed by atoms with van der Waals surface area (Å²) in [4.78, 5) is 0.565. The molecule has 1 aliphatic rings. The Morgan fingerprint density at radius 2 is 1.68 bits per heavy atom. The van der Waals surface area contributed by atoms with Gasteiger partial charge in [-0.2, -0.15) is 0 Å². The van der Waals surface area contributed by atoms with Crippen molar-refractivity contribution < 1.29 is 17.8 Å². The highest BCUT2D eigenvalue weighted by molar-refractivity contribution is 7.98. The van der Waals surface area contributed by atoms with Crippen LogP contribution in [-0.2, 0) is 24.4 Å². The zero-order valence-electron chi connectivity index (χ0n) is 12.9. The summed E-state index contributed by atoms with van der Waals surface area (Å²) in [6.45, 7) is 0. The van der Waals surface area contributed by atoms with Crippen LogP contribution in [0.4, 0.5) is 0 Å². The fourth-order valence-electron chi connectivity index (χ4n) is 2.37. The van der Waals surface area contributed by atoms with Gasteiger partial charge in [0.2, 0.25) is 0 Å². The van der Waals surface area contributed by atoms with Crippen LogP contribution in [0.5, 0.6) is 0 Å². The van der Waals surface area contributed by atoms with Crippen LogP contribution in [0.25, 0.3) is 0 Å². The highest BCUT2D eigenvalue weighted by Crippen LogP contribution is 2.56. The smallest absolute Gasteiger partial charge is 0.308 e. The minimum absolute atomic E-state index is 0.112. The predicted molar refractivity (Wildman–Crippen MR) is 88.1 cm³/mol. The molecule has 1 unspecified atom stereocenters. The molecule has 0 aromatic heterocycles. The quantitative estimate of drug-likeness (QED) is 0.580. The molecule has 2 rings (SSSR count). The van der Waals surface area contributed by atoms with Crippen LogP contribution in [0, 0.1) is 0 Å². The van der Waals surface area contributed by atoms with Gasteiger partial charge in [0.1, 0.15) is 10.8 Å². The Kier molecular flexibility index (Phi) is 6.37. The van der Waals surface area contributed by atoms with Gasteiger partial charge < -0.3 is 9.05 Å². The van der Waals surface area contributed by atoms with E-state index >= 15 is 0 Å². The van der Waals surface area contributed by atoms with Crippen LogP contribution < -0.4 is 0 Å². The van der Waals surface area contributed by atoms with Crippen LogP contribution in [0.3, 0.4) is 0 Å². The van der Waals surface area contributed by atoms with Crippen molar-refractivity contribution in [2.75, 3.05) is 14.2 Å². The Balaban J connectivity index is 2.53. The number of rotatable bonds is 5. The van der Waals surface area contributed by atoms with Crippen molar-refractivity contribution in [3.05, 3.63) is 46.3 Å². The molecule has 4 nitrogen and oxygen atoms in total. The molecule has 1 aromatic rings. The predicted octanol–water partition coefficient (Wildman–Crippen LogP) is 4.61. The van der Waals surface area contributed by atoms with Gasteiger partial charge in [-0.25, -0.2) is 4.21 Å². The van der Waals surface area contributed by atoms with Crippen molar-refractivity contribution in [3.63, 3.8) is 0 Å². The van der Waals surface area contributed by atoms with Crippen LogP contribution in [0.2, 0.25) is 0 Å². The van der Waals surface area contributed by atoms with Gasteiger partial charge in [0, 0.05) is 19.1 Å². The Morgan fingerprint density at radius 1 is 1.09 bits per heavy atom. The lowest BCUT2D eigenvalue weighted by Crippen LogP contribution is -2.01. The molecule has 1 aliphatic carbocycles. The number of hydrogen-bond donors (Lipinski definition) is 0. The summed E-state index contributed by atoms with van der Waals surface area (Å²) in [6, 6.07) is 8.90. The molecular weight excluding hydrogens is 319 g/mol. The van der Waals surface area contributed by atoms with E-state index in [0.29, 0.717) is 4.90 Å². The molecule has 0 radical (unpaired) electrons. The maximum absolute atomic E-state index is 12.8. The highest BCUT2D eigenvalue weighted by Gasteiger charge is 2.33. The van der Waals surface area contributed by atoms with E-state index in [9.17, 15) is 8.77 Å². The monoisotopic (exact) mass is 340 g/mol. The first-order chi connectivity index (χ1) is 10.6. The van der Waals surface area contributed by atoms with Gasteiger partial charge in [-0.3, -0.25) is 4.57 Å². The first-order valence-corrected chi connectivity index (χ1v) is 9.97. The van der Waals surface area contributed by atoms with Crippen molar-refractivity contribution in [1.29, 1.82) is 0 Å². The number of benzene rings is 1. The van der Waals surface area contributed by atoms with Crippen molar-refractivity contribution in [2.24, 2.45) is 0 Å². The Bertz CT molecular complexity index is 631. The average Bonchev–Trinajstić information content (AvgIpc) is 2.60. The third-order valence-corrected chi connectivity index (χ3v) is 7.50. The molecule has 0 heterocycles. The first kappa shape index (κ1) is 17.4. The second kappa shape index (κ2) is 8.05. The maximum atomic E-state index is 12.8. The van der Waals surface area contributed by atoms with Gasteiger partial charge in [0.05, 0.1) is 0 Å². The molecule has 1 fully saturated rings. The molecule has 1 atom stereocenters.